The molecule has 6 rings (SSSR count). The van der Waals surface area contributed by atoms with Crippen LogP contribution in [0.2, 0.25) is 5.02 Å². The van der Waals surface area contributed by atoms with Crippen LogP contribution in [-0.2, 0) is 15.8 Å². The van der Waals surface area contributed by atoms with Gasteiger partial charge in [-0.25, -0.2) is 18.7 Å². The van der Waals surface area contributed by atoms with Crippen molar-refractivity contribution in [2.75, 3.05) is 26.0 Å². The maximum Gasteiger partial charge on any atom is 0.251 e. The van der Waals surface area contributed by atoms with Gasteiger partial charge in [0.05, 0.1) is 29.1 Å². The smallest absolute Gasteiger partial charge is 0.251 e. The number of ether oxygens (including phenoxy) is 2. The highest BCUT2D eigenvalue weighted by Crippen LogP contribution is 2.47. The first-order chi connectivity index (χ1) is 21.9. The second kappa shape index (κ2) is 11.5. The number of rotatable bonds is 8. The van der Waals surface area contributed by atoms with Crippen LogP contribution in [0.25, 0.3) is 21.5 Å². The zero-order valence-corrected chi connectivity index (χ0v) is 25.9. The number of nitrogens with one attached hydrogen (secondary N) is 1. The number of nitrogens with two attached hydrogens (primary N) is 2. The summed E-state index contributed by atoms with van der Waals surface area (Å²) >= 11 is 7.20. The van der Waals surface area contributed by atoms with E-state index in [1.807, 2.05) is 0 Å². The number of thiazole rings is 1. The lowest BCUT2D eigenvalue weighted by Gasteiger charge is -2.30. The average Bonchev–Trinajstić information content (AvgIpc) is 3.60. The van der Waals surface area contributed by atoms with E-state index in [4.69, 9.17) is 32.5 Å². The van der Waals surface area contributed by atoms with Gasteiger partial charge in [-0.3, -0.25) is 9.59 Å². The highest BCUT2D eigenvalue weighted by Gasteiger charge is 2.46. The van der Waals surface area contributed by atoms with Gasteiger partial charge in [0.25, 0.3) is 5.91 Å². The van der Waals surface area contributed by atoms with Crippen molar-refractivity contribution < 1.29 is 33.0 Å². The topological polar surface area (TPSA) is 163 Å². The predicted octanol–water partition coefficient (Wildman–Crippen LogP) is 4.68. The van der Waals surface area contributed by atoms with E-state index in [1.165, 1.54) is 30.6 Å². The minimum absolute atomic E-state index is 0.0234. The minimum atomic E-state index is -2.05. The number of hydrogen-bond donors (Lipinski definition) is 4. The molecular weight excluding hydrogens is 640 g/mol. The van der Waals surface area contributed by atoms with Crippen molar-refractivity contribution in [1.29, 1.82) is 0 Å². The number of fused-ring (bicyclic) bond motifs is 2. The number of nitrogens with zero attached hydrogens (tertiary/aromatic N) is 2. The van der Waals surface area contributed by atoms with Crippen molar-refractivity contribution in [3.05, 3.63) is 99.7 Å². The third-order valence-corrected chi connectivity index (χ3v) is 9.14. The number of benzene rings is 3. The van der Waals surface area contributed by atoms with Crippen LogP contribution in [0.1, 0.15) is 34.1 Å². The molecule has 0 bridgehead atoms. The Hall–Kier alpha value is -4.85. The first-order valence-electron chi connectivity index (χ1n) is 13.8. The molecule has 3 aromatic carbocycles. The van der Waals surface area contributed by atoms with E-state index in [0.29, 0.717) is 32.7 Å². The number of aromatic nitrogens is 2. The highest BCUT2D eigenvalue weighted by molar-refractivity contribution is 7.22. The molecule has 5 aromatic rings. The number of primary amides is 1. The van der Waals surface area contributed by atoms with E-state index in [1.54, 1.807) is 43.3 Å². The number of halogens is 3. The summed E-state index contributed by atoms with van der Waals surface area (Å²) in [5, 5.41) is 15.1. The van der Waals surface area contributed by atoms with Gasteiger partial charge in [-0.15, -0.1) is 0 Å². The van der Waals surface area contributed by atoms with Gasteiger partial charge in [-0.1, -0.05) is 53.3 Å². The molecule has 1 aliphatic rings. The van der Waals surface area contributed by atoms with Crippen LogP contribution >= 0.6 is 22.9 Å². The Bertz CT molecular complexity index is 2050. The van der Waals surface area contributed by atoms with Gasteiger partial charge >= 0.3 is 0 Å². The summed E-state index contributed by atoms with van der Waals surface area (Å²) in [7, 11) is 1.44. The molecule has 2 atom stereocenters. The molecule has 6 N–H and O–H groups in total. The van der Waals surface area contributed by atoms with E-state index >= 15 is 4.39 Å². The quantitative estimate of drug-likeness (QED) is 0.174. The summed E-state index contributed by atoms with van der Waals surface area (Å²) in [6, 6.07) is 14.5. The monoisotopic (exact) mass is 665 g/mol. The number of anilines is 1. The molecular formula is C32H26ClF2N5O5S. The molecule has 14 heteroatoms. The van der Waals surface area contributed by atoms with Crippen molar-refractivity contribution in [3.63, 3.8) is 0 Å². The van der Waals surface area contributed by atoms with Gasteiger partial charge in [0.1, 0.15) is 52.0 Å². The molecule has 10 nitrogen and oxygen atoms in total. The summed E-state index contributed by atoms with van der Waals surface area (Å²) in [5.41, 5.74) is 9.00. The second-order valence-electron chi connectivity index (χ2n) is 11.0. The lowest BCUT2D eigenvalue weighted by molar-refractivity contribution is -0.123. The average molecular weight is 666 g/mol. The SMILES string of the molecule is COc1cc(C(=O)NC[C@@](O)(c2ccccc2)c2cc3c(c(-c4cc(Cl)c(F)cc4F)n2)OC[C@]3(C)C(N)=O)cc2sc(N)nc12. The van der Waals surface area contributed by atoms with Gasteiger partial charge in [-0.05, 0) is 36.8 Å². The van der Waals surface area contributed by atoms with Crippen LogP contribution in [0.15, 0.2) is 60.7 Å². The van der Waals surface area contributed by atoms with Crippen LogP contribution in [-0.4, -0.2) is 47.2 Å². The molecule has 236 valence electrons. The van der Waals surface area contributed by atoms with Crippen molar-refractivity contribution in [2.24, 2.45) is 5.73 Å². The molecule has 1 aliphatic heterocycles. The van der Waals surface area contributed by atoms with Crippen LogP contribution in [0.4, 0.5) is 13.9 Å². The molecule has 0 saturated heterocycles. The van der Waals surface area contributed by atoms with Crippen LogP contribution < -0.4 is 26.3 Å². The largest absolute Gasteiger partial charge is 0.494 e. The molecule has 0 saturated carbocycles. The molecule has 0 aliphatic carbocycles. The normalized spacial score (nSPS) is 16.8. The van der Waals surface area contributed by atoms with E-state index in [9.17, 15) is 19.1 Å². The Morgan fingerprint density at radius 1 is 1.15 bits per heavy atom. The summed E-state index contributed by atoms with van der Waals surface area (Å²) < 4.78 is 41.3. The van der Waals surface area contributed by atoms with Crippen molar-refractivity contribution >= 4 is 50.1 Å². The predicted molar refractivity (Wildman–Crippen MR) is 169 cm³/mol. The van der Waals surface area contributed by atoms with E-state index in [-0.39, 0.29) is 45.5 Å². The molecule has 0 radical (unpaired) electrons. The molecule has 0 unspecified atom stereocenters. The summed E-state index contributed by atoms with van der Waals surface area (Å²) in [6.45, 7) is 0.925. The lowest BCUT2D eigenvalue weighted by atomic mass is 9.80. The van der Waals surface area contributed by atoms with Crippen molar-refractivity contribution in [1.82, 2.24) is 15.3 Å². The Morgan fingerprint density at radius 3 is 2.59 bits per heavy atom. The molecule has 2 amide bonds. The Morgan fingerprint density at radius 2 is 1.89 bits per heavy atom. The number of pyridine rings is 1. The van der Waals surface area contributed by atoms with E-state index in [0.717, 1.165) is 6.07 Å². The molecule has 0 spiro atoms. The zero-order valence-electron chi connectivity index (χ0n) is 24.4. The fraction of sp³-hybridized carbons (Fsp3) is 0.188. The molecule has 0 fully saturated rings. The fourth-order valence-corrected chi connectivity index (χ4v) is 6.31. The summed E-state index contributed by atoms with van der Waals surface area (Å²) in [4.78, 5) is 35.1. The van der Waals surface area contributed by atoms with Gasteiger partial charge in [-0.2, -0.15) is 0 Å². The number of nitrogen functional groups attached to an aromatic ring is 1. The highest BCUT2D eigenvalue weighted by atomic mass is 35.5. The molecule has 3 heterocycles. The second-order valence-corrected chi connectivity index (χ2v) is 12.4. The molecule has 2 aromatic heterocycles. The van der Waals surface area contributed by atoms with Gasteiger partial charge < -0.3 is 31.4 Å². The van der Waals surface area contributed by atoms with Crippen molar-refractivity contribution in [2.45, 2.75) is 17.9 Å². The number of amides is 2. The number of carbonyl (C=O) groups excluding carboxylic acids is 2. The Kier molecular flexibility index (Phi) is 7.79. The maximum atomic E-state index is 15.3. The van der Waals surface area contributed by atoms with Crippen molar-refractivity contribution in [3.8, 4) is 22.8 Å². The van der Waals surface area contributed by atoms with E-state index in [2.05, 4.69) is 15.3 Å². The van der Waals surface area contributed by atoms with Gasteiger partial charge in [0.15, 0.2) is 5.13 Å². The Labute approximate surface area is 269 Å². The lowest BCUT2D eigenvalue weighted by Crippen LogP contribution is -2.43. The number of carbonyl (C=O) groups is 2. The number of methoxy groups -OCH3 is 1. The molecule has 46 heavy (non-hydrogen) atoms. The first kappa shape index (κ1) is 31.1. The fourth-order valence-electron chi connectivity index (χ4n) is 5.35. The van der Waals surface area contributed by atoms with Crippen LogP contribution in [0.5, 0.6) is 11.5 Å². The third-order valence-electron chi connectivity index (χ3n) is 8.02. The van der Waals surface area contributed by atoms with E-state index < -0.39 is 41.0 Å². The van der Waals surface area contributed by atoms with Crippen LogP contribution in [0.3, 0.4) is 0 Å². The number of aliphatic hydroxyl groups is 1. The zero-order chi connectivity index (χ0) is 33.0. The minimum Gasteiger partial charge on any atom is -0.494 e. The number of hydrogen-bond acceptors (Lipinski definition) is 9. The van der Waals surface area contributed by atoms with Crippen LogP contribution in [0, 0.1) is 11.6 Å². The summed E-state index contributed by atoms with van der Waals surface area (Å²) in [6.07, 6.45) is 0. The summed E-state index contributed by atoms with van der Waals surface area (Å²) in [5.74, 6) is -2.94. The third kappa shape index (κ3) is 5.15. The van der Waals surface area contributed by atoms with Gasteiger partial charge in [0, 0.05) is 22.8 Å². The standard InChI is InChI=1S/C32H26ClF2N5O5S/c1-31(29(36)42)14-45-27-18(31)11-24(39-25(27)17-10-19(33)21(35)12-20(17)34)32(43,16-6-4-3-5-7-16)13-38-28(41)15-8-22(44-2)26-23(9-15)46-30(37)40-26/h3-12,43H,13-14H2,1-2H3,(H2,36,42)(H2,37,40)(H,38,41)/t31-,32+/m0/s1. The Balaban J connectivity index is 1.50. The van der Waals surface area contributed by atoms with Gasteiger partial charge in [0.2, 0.25) is 5.91 Å². The first-order valence-corrected chi connectivity index (χ1v) is 15.0. The maximum absolute atomic E-state index is 15.3.